The van der Waals surface area contributed by atoms with Crippen molar-refractivity contribution in [2.75, 3.05) is 19.6 Å². The fourth-order valence-corrected chi connectivity index (χ4v) is 3.19. The predicted molar refractivity (Wildman–Crippen MR) is 84.1 cm³/mol. The number of nitrogens with zero attached hydrogens (tertiary/aromatic N) is 3. The van der Waals surface area contributed by atoms with Crippen molar-refractivity contribution in [2.45, 2.75) is 38.7 Å². The molecule has 1 saturated heterocycles. The zero-order valence-corrected chi connectivity index (χ0v) is 13.3. The highest BCUT2D eigenvalue weighted by Gasteiger charge is 2.22. The molecule has 3 rings (SSSR count). The van der Waals surface area contributed by atoms with Gasteiger partial charge >= 0.3 is 0 Å². The molecule has 0 unspecified atom stereocenters. The summed E-state index contributed by atoms with van der Waals surface area (Å²) in [4.78, 5) is 21.3. The minimum absolute atomic E-state index is 0.140. The van der Waals surface area contributed by atoms with E-state index in [0.29, 0.717) is 29.4 Å². The number of rotatable bonds is 5. The summed E-state index contributed by atoms with van der Waals surface area (Å²) in [5, 5.41) is 13.1. The van der Waals surface area contributed by atoms with Crippen LogP contribution >= 0.6 is 0 Å². The van der Waals surface area contributed by atoms with E-state index in [1.807, 2.05) is 13.0 Å². The average molecular weight is 318 g/mol. The van der Waals surface area contributed by atoms with Gasteiger partial charge in [0.15, 0.2) is 0 Å². The third kappa shape index (κ3) is 3.68. The summed E-state index contributed by atoms with van der Waals surface area (Å²) in [5.74, 6) is 0.797. The fourth-order valence-electron chi connectivity index (χ4n) is 3.19. The molecular weight excluding hydrogens is 296 g/mol. The van der Waals surface area contributed by atoms with Crippen LogP contribution in [-0.4, -0.2) is 44.8 Å². The highest BCUT2D eigenvalue weighted by atomic mass is 16.5. The van der Waals surface area contributed by atoms with E-state index < -0.39 is 0 Å². The summed E-state index contributed by atoms with van der Waals surface area (Å²) in [6.45, 7) is 4.41. The van der Waals surface area contributed by atoms with Gasteiger partial charge in [0.25, 0.3) is 5.56 Å². The molecular formula is C16H22N4O3. The molecule has 3 heterocycles. The number of nitrogens with one attached hydrogen (secondary N) is 1. The summed E-state index contributed by atoms with van der Waals surface area (Å²) in [7, 11) is 0. The van der Waals surface area contributed by atoms with Crippen LogP contribution in [0.1, 0.15) is 41.5 Å². The largest absolute Gasteiger partial charge is 0.388 e. The highest BCUT2D eigenvalue weighted by molar-refractivity contribution is 5.17. The lowest BCUT2D eigenvalue weighted by Gasteiger charge is -2.30. The van der Waals surface area contributed by atoms with E-state index in [1.165, 1.54) is 0 Å². The molecule has 1 aliphatic rings. The van der Waals surface area contributed by atoms with Gasteiger partial charge in [-0.15, -0.1) is 0 Å². The van der Waals surface area contributed by atoms with E-state index in [-0.39, 0.29) is 12.2 Å². The average Bonchev–Trinajstić information content (AvgIpc) is 3.09. The zero-order chi connectivity index (χ0) is 16.2. The highest BCUT2D eigenvalue weighted by Crippen LogP contribution is 2.26. The molecule has 1 fully saturated rings. The minimum atomic E-state index is -0.244. The molecule has 0 bridgehead atoms. The second-order valence-corrected chi connectivity index (χ2v) is 6.02. The maximum Gasteiger partial charge on any atom is 0.254 e. The maximum absolute atomic E-state index is 12.1. The molecule has 7 heteroatoms. The van der Waals surface area contributed by atoms with Crippen LogP contribution in [0.4, 0.5) is 0 Å². The van der Waals surface area contributed by atoms with Crippen LogP contribution in [0.15, 0.2) is 21.6 Å². The number of aromatic nitrogens is 3. The number of aryl methyl sites for hydroxylation is 1. The first-order valence-corrected chi connectivity index (χ1v) is 7.99. The Kier molecular flexibility index (Phi) is 4.88. The predicted octanol–water partition coefficient (Wildman–Crippen LogP) is 0.981. The van der Waals surface area contributed by atoms with Crippen molar-refractivity contribution in [2.24, 2.45) is 0 Å². The molecule has 2 N–H and O–H groups in total. The molecule has 0 aromatic carbocycles. The lowest BCUT2D eigenvalue weighted by atomic mass is 9.93. The van der Waals surface area contributed by atoms with Gasteiger partial charge in [0.05, 0.1) is 5.69 Å². The normalized spacial score (nSPS) is 16.8. The van der Waals surface area contributed by atoms with Crippen LogP contribution < -0.4 is 5.56 Å². The first-order chi connectivity index (χ1) is 11.2. The van der Waals surface area contributed by atoms with Gasteiger partial charge in [0, 0.05) is 29.8 Å². The summed E-state index contributed by atoms with van der Waals surface area (Å²) in [5.41, 5.74) is 2.32. The van der Waals surface area contributed by atoms with Crippen LogP contribution in [0.25, 0.3) is 0 Å². The lowest BCUT2D eigenvalue weighted by molar-refractivity contribution is 0.210. The summed E-state index contributed by atoms with van der Waals surface area (Å²) in [6.07, 6.45) is 4.42. The fraction of sp³-hybridized carbons (Fsp3) is 0.562. The van der Waals surface area contributed by atoms with E-state index in [9.17, 15) is 4.79 Å². The van der Waals surface area contributed by atoms with Gasteiger partial charge in [0.2, 0.25) is 0 Å². The smallest absolute Gasteiger partial charge is 0.254 e. The number of piperidine rings is 1. The van der Waals surface area contributed by atoms with Crippen LogP contribution in [0, 0.1) is 6.92 Å². The van der Waals surface area contributed by atoms with Gasteiger partial charge in [-0.05, 0) is 39.3 Å². The van der Waals surface area contributed by atoms with Gasteiger partial charge in [0.1, 0.15) is 18.7 Å². The SMILES string of the molecule is Cc1nc(CO)[nH]c(=O)c1CCN1CCC(c2ccon2)CC1. The Labute approximate surface area is 134 Å². The standard InChI is InChI=1S/C16H22N4O3/c1-11-13(16(22)18-15(10-21)17-11)4-8-20-6-2-12(3-7-20)14-5-9-23-19-14/h5,9,12,21H,2-4,6-8,10H2,1H3,(H,17,18,22). The monoisotopic (exact) mass is 318 g/mol. The molecule has 0 radical (unpaired) electrons. The molecule has 2 aromatic heterocycles. The van der Waals surface area contributed by atoms with Crippen LogP contribution in [0.3, 0.4) is 0 Å². The summed E-state index contributed by atoms with van der Waals surface area (Å²) in [6, 6.07) is 1.94. The second kappa shape index (κ2) is 7.06. The number of H-pyrrole nitrogens is 1. The molecule has 0 spiro atoms. The van der Waals surface area contributed by atoms with E-state index in [4.69, 9.17) is 9.63 Å². The quantitative estimate of drug-likeness (QED) is 0.853. The van der Waals surface area contributed by atoms with Gasteiger partial charge < -0.3 is 19.5 Å². The number of hydrogen-bond donors (Lipinski definition) is 2. The van der Waals surface area contributed by atoms with E-state index in [0.717, 1.165) is 38.2 Å². The zero-order valence-electron chi connectivity index (χ0n) is 13.3. The van der Waals surface area contributed by atoms with Crippen LogP contribution in [0.5, 0.6) is 0 Å². The molecule has 0 atom stereocenters. The molecule has 0 saturated carbocycles. The molecule has 23 heavy (non-hydrogen) atoms. The first kappa shape index (κ1) is 15.9. The molecule has 7 nitrogen and oxygen atoms in total. The van der Waals surface area contributed by atoms with Crippen molar-refractivity contribution in [3.63, 3.8) is 0 Å². The number of aliphatic hydroxyl groups excluding tert-OH is 1. The van der Waals surface area contributed by atoms with Crippen LogP contribution in [-0.2, 0) is 13.0 Å². The molecule has 0 amide bonds. The topological polar surface area (TPSA) is 95.2 Å². The van der Waals surface area contributed by atoms with Crippen molar-refractivity contribution in [1.82, 2.24) is 20.0 Å². The van der Waals surface area contributed by atoms with Crippen molar-refractivity contribution in [3.05, 3.63) is 45.5 Å². The maximum atomic E-state index is 12.1. The van der Waals surface area contributed by atoms with Crippen LogP contribution in [0.2, 0.25) is 0 Å². The first-order valence-electron chi connectivity index (χ1n) is 7.99. The summed E-state index contributed by atoms with van der Waals surface area (Å²) >= 11 is 0. The number of hydrogen-bond acceptors (Lipinski definition) is 6. The van der Waals surface area contributed by atoms with E-state index >= 15 is 0 Å². The minimum Gasteiger partial charge on any atom is -0.388 e. The Morgan fingerprint density at radius 2 is 2.22 bits per heavy atom. The summed E-state index contributed by atoms with van der Waals surface area (Å²) < 4.78 is 4.92. The van der Waals surface area contributed by atoms with Crippen molar-refractivity contribution in [1.29, 1.82) is 0 Å². The third-order valence-corrected chi connectivity index (χ3v) is 4.56. The second-order valence-electron chi connectivity index (χ2n) is 6.02. The van der Waals surface area contributed by atoms with E-state index in [1.54, 1.807) is 6.26 Å². The number of likely N-dealkylation sites (tertiary alicyclic amines) is 1. The number of aliphatic hydroxyl groups is 1. The van der Waals surface area contributed by atoms with E-state index in [2.05, 4.69) is 20.0 Å². The molecule has 0 aliphatic carbocycles. The van der Waals surface area contributed by atoms with Gasteiger partial charge in [-0.3, -0.25) is 4.79 Å². The Balaban J connectivity index is 1.55. The van der Waals surface area contributed by atoms with Crippen molar-refractivity contribution >= 4 is 0 Å². The Bertz CT molecular complexity index is 688. The molecule has 1 aliphatic heterocycles. The van der Waals surface area contributed by atoms with Gasteiger partial charge in [-0.1, -0.05) is 5.16 Å². The van der Waals surface area contributed by atoms with Crippen molar-refractivity contribution < 1.29 is 9.63 Å². The Morgan fingerprint density at radius 1 is 1.43 bits per heavy atom. The number of aromatic amines is 1. The Hall–Kier alpha value is -1.99. The lowest BCUT2D eigenvalue weighted by Crippen LogP contribution is -2.35. The Morgan fingerprint density at radius 3 is 2.83 bits per heavy atom. The van der Waals surface area contributed by atoms with Crippen molar-refractivity contribution in [3.8, 4) is 0 Å². The van der Waals surface area contributed by atoms with Gasteiger partial charge in [-0.2, -0.15) is 0 Å². The van der Waals surface area contributed by atoms with Gasteiger partial charge in [-0.25, -0.2) is 4.98 Å². The molecule has 124 valence electrons. The molecule has 2 aromatic rings. The third-order valence-electron chi connectivity index (χ3n) is 4.56.